The number of rotatable bonds is 4. The molecular formula is C15H18F3NO3. The van der Waals surface area contributed by atoms with Crippen LogP contribution in [0.2, 0.25) is 0 Å². The molecule has 0 spiro atoms. The molecule has 1 aliphatic carbocycles. The lowest BCUT2D eigenvalue weighted by Crippen LogP contribution is -2.56. The van der Waals surface area contributed by atoms with E-state index in [9.17, 15) is 13.2 Å². The number of nitrogens with zero attached hydrogens (tertiary/aromatic N) is 1. The van der Waals surface area contributed by atoms with Crippen molar-refractivity contribution in [3.63, 3.8) is 0 Å². The summed E-state index contributed by atoms with van der Waals surface area (Å²) in [4.78, 5) is 4.76. The Balaban J connectivity index is 2.33. The fraction of sp³-hybridized carbons (Fsp3) is 0.533. The first-order valence-corrected chi connectivity index (χ1v) is 6.94. The third-order valence-corrected chi connectivity index (χ3v) is 3.62. The summed E-state index contributed by atoms with van der Waals surface area (Å²) in [6, 6.07) is 8.64. The molecule has 0 bridgehead atoms. The van der Waals surface area contributed by atoms with Gasteiger partial charge in [0.1, 0.15) is 24.7 Å². The van der Waals surface area contributed by atoms with Gasteiger partial charge in [-0.15, -0.1) is 13.2 Å². The van der Waals surface area contributed by atoms with Crippen LogP contribution in [0.4, 0.5) is 13.2 Å². The Morgan fingerprint density at radius 3 is 2.50 bits per heavy atom. The molecule has 4 nitrogen and oxygen atoms in total. The van der Waals surface area contributed by atoms with Gasteiger partial charge in [0.05, 0.1) is 0 Å². The van der Waals surface area contributed by atoms with Crippen LogP contribution in [-0.4, -0.2) is 30.9 Å². The Morgan fingerprint density at radius 1 is 1.23 bits per heavy atom. The van der Waals surface area contributed by atoms with Crippen LogP contribution in [0, 0.1) is 0 Å². The summed E-state index contributed by atoms with van der Waals surface area (Å²) >= 11 is 0. The van der Waals surface area contributed by atoms with Gasteiger partial charge in [0.25, 0.3) is 0 Å². The molecule has 0 aliphatic heterocycles. The normalized spacial score (nSPS) is 27.7. The van der Waals surface area contributed by atoms with Crippen LogP contribution in [-0.2, 0) is 9.57 Å². The summed E-state index contributed by atoms with van der Waals surface area (Å²) in [5.41, 5.74) is -0.940. The third-order valence-electron chi connectivity index (χ3n) is 3.62. The summed E-state index contributed by atoms with van der Waals surface area (Å²) in [7, 11) is 1.35. The van der Waals surface area contributed by atoms with E-state index >= 15 is 0 Å². The molecule has 0 N–H and O–H groups in total. The van der Waals surface area contributed by atoms with Crippen LogP contribution in [0.15, 0.2) is 35.5 Å². The van der Waals surface area contributed by atoms with E-state index in [2.05, 4.69) is 9.89 Å². The quantitative estimate of drug-likeness (QED) is 0.790. The highest BCUT2D eigenvalue weighted by atomic mass is 19.4. The number of hydrogen-bond acceptors (Lipinski definition) is 4. The maximum absolute atomic E-state index is 12.7. The second kappa shape index (κ2) is 6.56. The average molecular weight is 317 g/mol. The topological polar surface area (TPSA) is 40.0 Å². The Labute approximate surface area is 126 Å². The summed E-state index contributed by atoms with van der Waals surface area (Å²) in [6.45, 7) is 1.55. The lowest BCUT2D eigenvalue weighted by atomic mass is 9.81. The van der Waals surface area contributed by atoms with Crippen molar-refractivity contribution in [1.29, 1.82) is 0 Å². The van der Waals surface area contributed by atoms with Gasteiger partial charge in [-0.25, -0.2) is 0 Å². The van der Waals surface area contributed by atoms with Crippen LogP contribution >= 0.6 is 0 Å². The van der Waals surface area contributed by atoms with Crippen molar-refractivity contribution in [3.05, 3.63) is 30.3 Å². The molecular weight excluding hydrogens is 299 g/mol. The molecule has 122 valence electrons. The Hall–Kier alpha value is -1.76. The van der Waals surface area contributed by atoms with Gasteiger partial charge < -0.3 is 9.57 Å². The van der Waals surface area contributed by atoms with E-state index in [1.54, 1.807) is 37.3 Å². The van der Waals surface area contributed by atoms with Crippen LogP contribution in [0.1, 0.15) is 26.2 Å². The molecule has 1 aliphatic rings. The zero-order chi connectivity index (χ0) is 16.2. The van der Waals surface area contributed by atoms with Crippen LogP contribution in [0.25, 0.3) is 0 Å². The summed E-state index contributed by atoms with van der Waals surface area (Å²) < 4.78 is 48.2. The Kier molecular flexibility index (Phi) is 4.95. The molecule has 0 saturated heterocycles. The monoisotopic (exact) mass is 317 g/mol. The standard InChI is InChI=1S/C15H18F3NO3/c1-14(21-11-7-4-3-5-8-11)12(19-20-2)9-6-10-13(14)22-15(16,17)18/h3-5,7-8,13H,6,9-10H2,1-2H3. The molecule has 1 aromatic carbocycles. The van der Waals surface area contributed by atoms with Gasteiger partial charge in [-0.3, -0.25) is 4.74 Å². The highest BCUT2D eigenvalue weighted by Gasteiger charge is 2.50. The van der Waals surface area contributed by atoms with E-state index in [0.717, 1.165) is 0 Å². The van der Waals surface area contributed by atoms with Crippen LogP contribution in [0.5, 0.6) is 5.75 Å². The molecule has 22 heavy (non-hydrogen) atoms. The van der Waals surface area contributed by atoms with Gasteiger partial charge >= 0.3 is 6.36 Å². The van der Waals surface area contributed by atoms with E-state index in [0.29, 0.717) is 24.3 Å². The fourth-order valence-electron chi connectivity index (χ4n) is 2.60. The molecule has 0 heterocycles. The van der Waals surface area contributed by atoms with Gasteiger partial charge in [-0.2, -0.15) is 0 Å². The zero-order valence-electron chi connectivity index (χ0n) is 12.4. The van der Waals surface area contributed by atoms with E-state index in [1.165, 1.54) is 7.11 Å². The summed E-state index contributed by atoms with van der Waals surface area (Å²) in [6.07, 6.45) is -4.67. The third kappa shape index (κ3) is 3.91. The van der Waals surface area contributed by atoms with Gasteiger partial charge in [0, 0.05) is 0 Å². The maximum Gasteiger partial charge on any atom is 0.522 e. The van der Waals surface area contributed by atoms with E-state index in [4.69, 9.17) is 9.57 Å². The molecule has 0 radical (unpaired) electrons. The van der Waals surface area contributed by atoms with Crippen molar-refractivity contribution in [2.24, 2.45) is 5.16 Å². The number of hydrogen-bond donors (Lipinski definition) is 0. The number of para-hydroxylation sites is 1. The Bertz CT molecular complexity index is 519. The number of benzene rings is 1. The molecule has 0 amide bonds. The second-order valence-corrected chi connectivity index (χ2v) is 5.19. The lowest BCUT2D eigenvalue weighted by Gasteiger charge is -2.41. The first-order valence-electron chi connectivity index (χ1n) is 6.94. The van der Waals surface area contributed by atoms with Crippen LogP contribution < -0.4 is 4.74 Å². The van der Waals surface area contributed by atoms with Gasteiger partial charge in [0.15, 0.2) is 5.60 Å². The van der Waals surface area contributed by atoms with E-state index in [-0.39, 0.29) is 6.42 Å². The number of ether oxygens (including phenoxy) is 2. The Morgan fingerprint density at radius 2 is 1.91 bits per heavy atom. The number of alkyl halides is 3. The minimum atomic E-state index is -4.73. The second-order valence-electron chi connectivity index (χ2n) is 5.19. The van der Waals surface area contributed by atoms with Crippen molar-refractivity contribution in [2.45, 2.75) is 44.3 Å². The number of oxime groups is 1. The van der Waals surface area contributed by atoms with Gasteiger partial charge in [0.2, 0.25) is 0 Å². The maximum atomic E-state index is 12.7. The van der Waals surface area contributed by atoms with Gasteiger partial charge in [-0.05, 0) is 38.3 Å². The molecule has 2 atom stereocenters. The molecule has 0 aromatic heterocycles. The van der Waals surface area contributed by atoms with Crippen molar-refractivity contribution < 1.29 is 27.5 Å². The predicted octanol–water partition coefficient (Wildman–Crippen LogP) is 3.92. The molecule has 2 unspecified atom stereocenters. The van der Waals surface area contributed by atoms with Crippen molar-refractivity contribution >= 4 is 5.71 Å². The highest BCUT2D eigenvalue weighted by molar-refractivity contribution is 5.93. The lowest BCUT2D eigenvalue weighted by molar-refractivity contribution is -0.354. The summed E-state index contributed by atoms with van der Waals surface area (Å²) in [5, 5.41) is 3.86. The largest absolute Gasteiger partial charge is 0.522 e. The van der Waals surface area contributed by atoms with E-state index in [1.807, 2.05) is 0 Å². The molecule has 2 rings (SSSR count). The van der Waals surface area contributed by atoms with Crippen LogP contribution in [0.3, 0.4) is 0 Å². The van der Waals surface area contributed by atoms with Crippen molar-refractivity contribution in [1.82, 2.24) is 0 Å². The molecule has 1 fully saturated rings. The van der Waals surface area contributed by atoms with Crippen molar-refractivity contribution in [2.75, 3.05) is 7.11 Å². The minimum Gasteiger partial charge on any atom is -0.479 e. The summed E-state index contributed by atoms with van der Waals surface area (Å²) in [5.74, 6) is 0.450. The van der Waals surface area contributed by atoms with E-state index < -0.39 is 18.1 Å². The molecule has 7 heteroatoms. The highest BCUT2D eigenvalue weighted by Crippen LogP contribution is 2.36. The average Bonchev–Trinajstić information content (AvgIpc) is 2.43. The fourth-order valence-corrected chi connectivity index (χ4v) is 2.60. The molecule has 1 aromatic rings. The first kappa shape index (κ1) is 16.6. The smallest absolute Gasteiger partial charge is 0.479 e. The van der Waals surface area contributed by atoms with Crippen molar-refractivity contribution in [3.8, 4) is 5.75 Å². The first-order chi connectivity index (χ1) is 10.3. The SMILES string of the molecule is CON=C1CCCC(OC(F)(F)F)C1(C)Oc1ccccc1. The zero-order valence-corrected chi connectivity index (χ0v) is 12.4. The number of halogens is 3. The predicted molar refractivity (Wildman–Crippen MR) is 74.7 cm³/mol. The molecule has 1 saturated carbocycles. The van der Waals surface area contributed by atoms with Gasteiger partial charge in [-0.1, -0.05) is 23.4 Å². The minimum absolute atomic E-state index is 0.228.